The Labute approximate surface area is 236 Å². The molecular formula is C32H32O9. The molecule has 5 rings (SSSR count). The maximum absolute atomic E-state index is 13.2. The standard InChI is InChI=1S/C32H32O9/c1-2-3-4-5-6-7-14-39-20-11-8-18(9-12-20)21-16-26(36)40-25-17-24(35)28-29(37)30(38)31(41-32(28)27(21)25)19-10-13-22(33)23(34)15-19/h8-13,15,17,21,33-35,38H,2-7,14,16H2,1H3. The Morgan fingerprint density at radius 3 is 2.32 bits per heavy atom. The van der Waals surface area contributed by atoms with Gasteiger partial charge in [0.2, 0.25) is 11.2 Å². The van der Waals surface area contributed by atoms with Crippen molar-refractivity contribution in [2.24, 2.45) is 0 Å². The van der Waals surface area contributed by atoms with Crippen molar-refractivity contribution in [2.75, 3.05) is 6.61 Å². The number of carbonyl (C=O) groups excluding carboxylic acids is 1. The van der Waals surface area contributed by atoms with E-state index in [0.29, 0.717) is 17.9 Å². The molecule has 1 unspecified atom stereocenters. The van der Waals surface area contributed by atoms with Gasteiger partial charge in [0.05, 0.1) is 13.0 Å². The van der Waals surface area contributed by atoms with Gasteiger partial charge >= 0.3 is 5.97 Å². The Morgan fingerprint density at radius 1 is 0.854 bits per heavy atom. The van der Waals surface area contributed by atoms with Crippen molar-refractivity contribution < 1.29 is 39.1 Å². The van der Waals surface area contributed by atoms with Crippen LogP contribution in [0.3, 0.4) is 0 Å². The van der Waals surface area contributed by atoms with E-state index in [0.717, 1.165) is 24.5 Å². The lowest BCUT2D eigenvalue weighted by molar-refractivity contribution is -0.135. The Bertz CT molecular complexity index is 1640. The van der Waals surface area contributed by atoms with E-state index in [4.69, 9.17) is 13.9 Å². The predicted molar refractivity (Wildman–Crippen MR) is 152 cm³/mol. The van der Waals surface area contributed by atoms with Crippen molar-refractivity contribution in [1.82, 2.24) is 0 Å². The van der Waals surface area contributed by atoms with E-state index >= 15 is 0 Å². The van der Waals surface area contributed by atoms with Crippen molar-refractivity contribution in [2.45, 2.75) is 57.8 Å². The zero-order valence-electron chi connectivity index (χ0n) is 22.7. The number of hydrogen-bond acceptors (Lipinski definition) is 9. The third-order valence-electron chi connectivity index (χ3n) is 7.35. The quantitative estimate of drug-likeness (QED) is 0.0742. The summed E-state index contributed by atoms with van der Waals surface area (Å²) in [6, 6.07) is 12.2. The summed E-state index contributed by atoms with van der Waals surface area (Å²) in [7, 11) is 0. The fourth-order valence-corrected chi connectivity index (χ4v) is 5.20. The molecule has 214 valence electrons. The van der Waals surface area contributed by atoms with Crippen LogP contribution in [0, 0.1) is 0 Å². The van der Waals surface area contributed by atoms with Gasteiger partial charge < -0.3 is 34.3 Å². The first-order chi connectivity index (χ1) is 19.8. The second-order valence-electron chi connectivity index (χ2n) is 10.2. The highest BCUT2D eigenvalue weighted by atomic mass is 16.5. The van der Waals surface area contributed by atoms with Gasteiger partial charge in [0.25, 0.3) is 0 Å². The Kier molecular flexibility index (Phi) is 8.05. The third kappa shape index (κ3) is 5.66. The topological polar surface area (TPSA) is 147 Å². The van der Waals surface area contributed by atoms with Crippen LogP contribution in [0.5, 0.6) is 34.5 Å². The molecule has 0 fully saturated rings. The van der Waals surface area contributed by atoms with E-state index < -0.39 is 40.3 Å². The zero-order valence-corrected chi connectivity index (χ0v) is 22.7. The average molecular weight is 561 g/mol. The number of phenols is 3. The summed E-state index contributed by atoms with van der Waals surface area (Å²) in [6.07, 6.45) is 6.93. The van der Waals surface area contributed by atoms with Gasteiger partial charge in [-0.2, -0.15) is 0 Å². The number of ether oxygens (including phenoxy) is 2. The zero-order chi connectivity index (χ0) is 29.1. The van der Waals surface area contributed by atoms with E-state index in [-0.39, 0.29) is 34.5 Å². The number of benzene rings is 3. The van der Waals surface area contributed by atoms with E-state index in [2.05, 4.69) is 6.92 Å². The highest BCUT2D eigenvalue weighted by molar-refractivity contribution is 5.94. The summed E-state index contributed by atoms with van der Waals surface area (Å²) in [5.41, 5.74) is 0.250. The van der Waals surface area contributed by atoms with Crippen molar-refractivity contribution in [3.8, 4) is 45.8 Å². The molecule has 0 spiro atoms. The first kappa shape index (κ1) is 27.9. The van der Waals surface area contributed by atoms with Gasteiger partial charge in [-0.1, -0.05) is 51.2 Å². The van der Waals surface area contributed by atoms with Gasteiger partial charge in [-0.15, -0.1) is 0 Å². The molecule has 1 aromatic heterocycles. The lowest BCUT2D eigenvalue weighted by Crippen LogP contribution is -2.22. The Hall–Kier alpha value is -4.66. The second kappa shape index (κ2) is 11.8. The van der Waals surface area contributed by atoms with Crippen LogP contribution in [-0.4, -0.2) is 33.0 Å². The van der Waals surface area contributed by atoms with Gasteiger partial charge in [0, 0.05) is 23.1 Å². The molecule has 0 bridgehead atoms. The summed E-state index contributed by atoms with van der Waals surface area (Å²) in [5, 5.41) is 40.7. The van der Waals surface area contributed by atoms with Crippen LogP contribution in [0.4, 0.5) is 0 Å². The number of hydrogen-bond donors (Lipinski definition) is 4. The summed E-state index contributed by atoms with van der Waals surface area (Å²) in [4.78, 5) is 25.8. The van der Waals surface area contributed by atoms with Crippen molar-refractivity contribution in [3.63, 3.8) is 0 Å². The molecule has 0 radical (unpaired) electrons. The molecule has 9 heteroatoms. The van der Waals surface area contributed by atoms with Gasteiger partial charge in [0.1, 0.15) is 28.2 Å². The minimum Gasteiger partial charge on any atom is -0.507 e. The van der Waals surface area contributed by atoms with E-state index in [9.17, 15) is 30.0 Å². The van der Waals surface area contributed by atoms with Crippen LogP contribution in [0.15, 0.2) is 57.7 Å². The lowest BCUT2D eigenvalue weighted by Gasteiger charge is -2.26. The first-order valence-electron chi connectivity index (χ1n) is 13.8. The summed E-state index contributed by atoms with van der Waals surface area (Å²) >= 11 is 0. The molecule has 4 N–H and O–H groups in total. The van der Waals surface area contributed by atoms with Crippen LogP contribution >= 0.6 is 0 Å². The summed E-state index contributed by atoms with van der Waals surface area (Å²) in [5.74, 6) is -2.82. The van der Waals surface area contributed by atoms with Crippen LogP contribution in [0.2, 0.25) is 0 Å². The lowest BCUT2D eigenvalue weighted by atomic mass is 9.85. The highest BCUT2D eigenvalue weighted by Crippen LogP contribution is 2.47. The first-order valence-corrected chi connectivity index (χ1v) is 13.8. The molecule has 0 amide bonds. The molecule has 2 heterocycles. The number of fused-ring (bicyclic) bond motifs is 3. The smallest absolute Gasteiger partial charge is 0.312 e. The fourth-order valence-electron chi connectivity index (χ4n) is 5.20. The number of aromatic hydroxyl groups is 4. The second-order valence-corrected chi connectivity index (χ2v) is 10.2. The molecule has 9 nitrogen and oxygen atoms in total. The molecule has 0 saturated heterocycles. The minimum absolute atomic E-state index is 0.0352. The molecule has 1 aliphatic heterocycles. The monoisotopic (exact) mass is 560 g/mol. The molecule has 0 saturated carbocycles. The predicted octanol–water partition coefficient (Wildman–Crippen LogP) is 6.46. The fraction of sp³-hybridized carbons (Fsp3) is 0.312. The van der Waals surface area contributed by atoms with Gasteiger partial charge in [-0.3, -0.25) is 9.59 Å². The highest BCUT2D eigenvalue weighted by Gasteiger charge is 2.34. The van der Waals surface area contributed by atoms with Crippen LogP contribution in [0.25, 0.3) is 22.3 Å². The van der Waals surface area contributed by atoms with E-state index in [1.165, 1.54) is 43.9 Å². The SMILES string of the molecule is CCCCCCCCOc1ccc(C2CC(=O)Oc3cc(O)c4c(=O)c(O)c(-c5ccc(O)c(O)c5)oc4c32)cc1. The summed E-state index contributed by atoms with van der Waals surface area (Å²) < 4.78 is 17.3. The molecule has 1 atom stereocenters. The maximum atomic E-state index is 13.2. The van der Waals surface area contributed by atoms with E-state index in [1.807, 2.05) is 24.3 Å². The number of rotatable bonds is 10. The number of phenolic OH excluding ortho intramolecular Hbond substituents is 3. The average Bonchev–Trinajstić information content (AvgIpc) is 2.95. The number of esters is 1. The van der Waals surface area contributed by atoms with Crippen molar-refractivity contribution in [1.29, 1.82) is 0 Å². The Morgan fingerprint density at radius 2 is 1.59 bits per heavy atom. The van der Waals surface area contributed by atoms with Crippen LogP contribution < -0.4 is 14.9 Å². The largest absolute Gasteiger partial charge is 0.507 e. The minimum atomic E-state index is -0.900. The normalized spacial score (nSPS) is 14.6. The van der Waals surface area contributed by atoms with Gasteiger partial charge in [-0.25, -0.2) is 0 Å². The molecule has 1 aliphatic rings. The molecule has 0 aliphatic carbocycles. The number of unbranched alkanes of at least 4 members (excludes halogenated alkanes) is 5. The molecule has 3 aromatic carbocycles. The van der Waals surface area contributed by atoms with E-state index in [1.54, 1.807) is 0 Å². The van der Waals surface area contributed by atoms with Crippen molar-refractivity contribution >= 4 is 16.9 Å². The van der Waals surface area contributed by atoms with Crippen LogP contribution in [0.1, 0.15) is 68.9 Å². The summed E-state index contributed by atoms with van der Waals surface area (Å²) in [6.45, 7) is 2.80. The molecular weight excluding hydrogens is 528 g/mol. The molecule has 41 heavy (non-hydrogen) atoms. The van der Waals surface area contributed by atoms with Gasteiger partial charge in [0.15, 0.2) is 17.3 Å². The van der Waals surface area contributed by atoms with Crippen LogP contribution in [-0.2, 0) is 4.79 Å². The van der Waals surface area contributed by atoms with Gasteiger partial charge in [-0.05, 0) is 42.3 Å². The third-order valence-corrected chi connectivity index (χ3v) is 7.35. The maximum Gasteiger partial charge on any atom is 0.312 e. The Balaban J connectivity index is 1.51. The number of carbonyl (C=O) groups is 1. The van der Waals surface area contributed by atoms with Crippen molar-refractivity contribution in [3.05, 3.63) is 69.9 Å². The molecule has 4 aromatic rings.